The summed E-state index contributed by atoms with van der Waals surface area (Å²) in [4.78, 5) is 4.44. The first-order valence-corrected chi connectivity index (χ1v) is 8.94. The van der Waals surface area contributed by atoms with Crippen LogP contribution in [0.1, 0.15) is 50.7 Å². The SMILES string of the molecule is CC(C)c1ccc(-c2nnc(Cl)nc2-c2ccc(C(C)C)cc2)cc1. The zero-order chi connectivity index (χ0) is 18.0. The Labute approximate surface area is 154 Å². The number of hydrogen-bond donors (Lipinski definition) is 0. The van der Waals surface area contributed by atoms with Crippen molar-refractivity contribution in [3.05, 3.63) is 64.9 Å². The summed E-state index contributed by atoms with van der Waals surface area (Å²) in [7, 11) is 0. The van der Waals surface area contributed by atoms with Crippen LogP contribution in [0.2, 0.25) is 5.28 Å². The van der Waals surface area contributed by atoms with E-state index in [1.54, 1.807) is 0 Å². The van der Waals surface area contributed by atoms with Crippen LogP contribution in [-0.4, -0.2) is 15.2 Å². The molecule has 0 amide bonds. The van der Waals surface area contributed by atoms with Crippen molar-refractivity contribution in [1.82, 2.24) is 15.2 Å². The molecule has 0 saturated carbocycles. The lowest BCUT2D eigenvalue weighted by Crippen LogP contribution is -1.98. The fourth-order valence-electron chi connectivity index (χ4n) is 2.75. The summed E-state index contributed by atoms with van der Waals surface area (Å²) >= 11 is 6.02. The molecule has 0 spiro atoms. The molecule has 3 aromatic rings. The summed E-state index contributed by atoms with van der Waals surface area (Å²) in [6, 6.07) is 16.8. The number of aromatic nitrogens is 3. The number of nitrogens with zero attached hydrogens (tertiary/aromatic N) is 3. The highest BCUT2D eigenvalue weighted by atomic mass is 35.5. The molecule has 1 heterocycles. The van der Waals surface area contributed by atoms with E-state index >= 15 is 0 Å². The topological polar surface area (TPSA) is 38.7 Å². The van der Waals surface area contributed by atoms with Crippen LogP contribution in [-0.2, 0) is 0 Å². The van der Waals surface area contributed by atoms with Gasteiger partial charge >= 0.3 is 0 Å². The fraction of sp³-hybridized carbons (Fsp3) is 0.286. The molecule has 0 radical (unpaired) electrons. The van der Waals surface area contributed by atoms with Gasteiger partial charge < -0.3 is 0 Å². The van der Waals surface area contributed by atoms with Gasteiger partial charge in [-0.05, 0) is 34.6 Å². The van der Waals surface area contributed by atoms with Gasteiger partial charge in [0, 0.05) is 11.1 Å². The van der Waals surface area contributed by atoms with Crippen LogP contribution in [0.15, 0.2) is 48.5 Å². The Kier molecular flexibility index (Phi) is 5.14. The van der Waals surface area contributed by atoms with E-state index in [4.69, 9.17) is 11.6 Å². The maximum Gasteiger partial charge on any atom is 0.243 e. The van der Waals surface area contributed by atoms with Gasteiger partial charge in [0.2, 0.25) is 5.28 Å². The first-order chi connectivity index (χ1) is 12.0. The van der Waals surface area contributed by atoms with E-state index in [9.17, 15) is 0 Å². The average Bonchev–Trinajstić information content (AvgIpc) is 2.62. The predicted molar refractivity (Wildman–Crippen MR) is 104 cm³/mol. The highest BCUT2D eigenvalue weighted by molar-refractivity contribution is 6.28. The Morgan fingerprint density at radius 3 is 1.52 bits per heavy atom. The summed E-state index contributed by atoms with van der Waals surface area (Å²) in [5.41, 5.74) is 6.07. The third kappa shape index (κ3) is 3.88. The molecule has 128 valence electrons. The number of rotatable bonds is 4. The van der Waals surface area contributed by atoms with Crippen LogP contribution in [0.4, 0.5) is 0 Å². The van der Waals surface area contributed by atoms with E-state index in [2.05, 4.69) is 91.4 Å². The first kappa shape index (κ1) is 17.6. The second-order valence-corrected chi connectivity index (χ2v) is 7.17. The zero-order valence-electron chi connectivity index (χ0n) is 15.0. The molecule has 0 N–H and O–H groups in total. The lowest BCUT2D eigenvalue weighted by Gasteiger charge is -2.11. The monoisotopic (exact) mass is 351 g/mol. The molecule has 3 nitrogen and oxygen atoms in total. The molecule has 0 bridgehead atoms. The van der Waals surface area contributed by atoms with Crippen molar-refractivity contribution in [1.29, 1.82) is 0 Å². The Balaban J connectivity index is 2.06. The largest absolute Gasteiger partial charge is 0.243 e. The Hall–Kier alpha value is -2.26. The number of halogens is 1. The minimum Gasteiger partial charge on any atom is -0.214 e. The van der Waals surface area contributed by atoms with Gasteiger partial charge in [-0.1, -0.05) is 76.2 Å². The van der Waals surface area contributed by atoms with Gasteiger partial charge in [0.1, 0.15) is 11.4 Å². The van der Waals surface area contributed by atoms with Gasteiger partial charge in [0.15, 0.2) is 0 Å². The van der Waals surface area contributed by atoms with Gasteiger partial charge in [0.25, 0.3) is 0 Å². The van der Waals surface area contributed by atoms with E-state index in [1.807, 2.05) is 0 Å². The summed E-state index contributed by atoms with van der Waals surface area (Å²) in [5, 5.41) is 8.42. The van der Waals surface area contributed by atoms with Crippen LogP contribution in [0.3, 0.4) is 0 Å². The van der Waals surface area contributed by atoms with E-state index in [0.29, 0.717) is 11.8 Å². The number of hydrogen-bond acceptors (Lipinski definition) is 3. The molecule has 2 aromatic carbocycles. The van der Waals surface area contributed by atoms with Crippen molar-refractivity contribution in [3.8, 4) is 22.5 Å². The predicted octanol–water partition coefficient (Wildman–Crippen LogP) is 6.11. The molecule has 0 saturated heterocycles. The zero-order valence-corrected chi connectivity index (χ0v) is 15.7. The molecule has 0 aliphatic rings. The van der Waals surface area contributed by atoms with Crippen LogP contribution >= 0.6 is 11.6 Å². The van der Waals surface area contributed by atoms with Crippen LogP contribution in [0, 0.1) is 0 Å². The molecule has 1 aromatic heterocycles. The van der Waals surface area contributed by atoms with E-state index < -0.39 is 0 Å². The summed E-state index contributed by atoms with van der Waals surface area (Å²) in [6.07, 6.45) is 0. The van der Waals surface area contributed by atoms with Crippen LogP contribution in [0.5, 0.6) is 0 Å². The van der Waals surface area contributed by atoms with Crippen molar-refractivity contribution >= 4 is 11.6 Å². The van der Waals surface area contributed by atoms with E-state index in [-0.39, 0.29) is 5.28 Å². The molecule has 0 aliphatic carbocycles. The lowest BCUT2D eigenvalue weighted by atomic mass is 9.97. The second-order valence-electron chi connectivity index (χ2n) is 6.83. The van der Waals surface area contributed by atoms with Gasteiger partial charge in [-0.25, -0.2) is 4.98 Å². The molecular weight excluding hydrogens is 330 g/mol. The normalized spacial score (nSPS) is 11.3. The van der Waals surface area contributed by atoms with Crippen molar-refractivity contribution in [2.45, 2.75) is 39.5 Å². The molecular formula is C21H22ClN3. The van der Waals surface area contributed by atoms with Gasteiger partial charge in [0.05, 0.1) is 0 Å². The molecule has 0 fully saturated rings. The Morgan fingerprint density at radius 1 is 0.640 bits per heavy atom. The van der Waals surface area contributed by atoms with Crippen molar-refractivity contribution in [3.63, 3.8) is 0 Å². The summed E-state index contributed by atoms with van der Waals surface area (Å²) in [5.74, 6) is 0.982. The van der Waals surface area contributed by atoms with Crippen LogP contribution < -0.4 is 0 Å². The van der Waals surface area contributed by atoms with Crippen molar-refractivity contribution in [2.75, 3.05) is 0 Å². The van der Waals surface area contributed by atoms with Crippen LogP contribution in [0.25, 0.3) is 22.5 Å². The third-order valence-electron chi connectivity index (χ3n) is 4.36. The minimum absolute atomic E-state index is 0.158. The molecule has 4 heteroatoms. The molecule has 3 rings (SSSR count). The smallest absolute Gasteiger partial charge is 0.214 e. The lowest BCUT2D eigenvalue weighted by molar-refractivity contribution is 0.866. The highest BCUT2D eigenvalue weighted by Crippen LogP contribution is 2.30. The quantitative estimate of drug-likeness (QED) is 0.569. The van der Waals surface area contributed by atoms with Gasteiger partial charge in [-0.2, -0.15) is 0 Å². The Bertz CT molecular complexity index is 853. The average molecular weight is 352 g/mol. The molecule has 0 aliphatic heterocycles. The third-order valence-corrected chi connectivity index (χ3v) is 4.52. The fourth-order valence-corrected chi connectivity index (χ4v) is 2.88. The first-order valence-electron chi connectivity index (χ1n) is 8.56. The molecule has 0 unspecified atom stereocenters. The maximum atomic E-state index is 6.02. The minimum atomic E-state index is 0.158. The van der Waals surface area contributed by atoms with Crippen molar-refractivity contribution < 1.29 is 0 Å². The van der Waals surface area contributed by atoms with Crippen molar-refractivity contribution in [2.24, 2.45) is 0 Å². The van der Waals surface area contributed by atoms with E-state index in [0.717, 1.165) is 22.5 Å². The van der Waals surface area contributed by atoms with Gasteiger partial charge in [-0.3, -0.25) is 0 Å². The van der Waals surface area contributed by atoms with Gasteiger partial charge in [-0.15, -0.1) is 10.2 Å². The molecule has 25 heavy (non-hydrogen) atoms. The summed E-state index contributed by atoms with van der Waals surface area (Å²) in [6.45, 7) is 8.72. The van der Waals surface area contributed by atoms with E-state index in [1.165, 1.54) is 11.1 Å². The maximum absolute atomic E-state index is 6.02. The molecule has 0 atom stereocenters. The second kappa shape index (κ2) is 7.32. The summed E-state index contributed by atoms with van der Waals surface area (Å²) < 4.78 is 0. The highest BCUT2D eigenvalue weighted by Gasteiger charge is 2.14. The standard InChI is InChI=1S/C21H22ClN3/c1-13(2)15-5-9-17(10-6-15)19-20(24-25-21(22)23-19)18-11-7-16(8-12-18)14(3)4/h5-14H,1-4H3. The number of benzene rings is 2. The Morgan fingerprint density at radius 2 is 1.08 bits per heavy atom.